The van der Waals surface area contributed by atoms with Crippen molar-refractivity contribution in [1.29, 1.82) is 0 Å². The van der Waals surface area contributed by atoms with Crippen LogP contribution in [0.3, 0.4) is 0 Å². The monoisotopic (exact) mass is 395 g/mol. The minimum atomic E-state index is -0.690. The smallest absolute Gasteiger partial charge is 0.307 e. The molecule has 0 saturated carbocycles. The van der Waals surface area contributed by atoms with Crippen LogP contribution in [0, 0.1) is 5.92 Å². The Labute approximate surface area is 172 Å². The first-order valence-corrected chi connectivity index (χ1v) is 10.1. The Morgan fingerprint density at radius 2 is 1.97 bits per heavy atom. The van der Waals surface area contributed by atoms with Crippen LogP contribution in [0.4, 0.5) is 0 Å². The minimum absolute atomic E-state index is 0.249. The molecule has 2 aromatic rings. The molecule has 1 fully saturated rings. The summed E-state index contributed by atoms with van der Waals surface area (Å²) in [6.45, 7) is 3.41. The van der Waals surface area contributed by atoms with Crippen LogP contribution in [0.25, 0.3) is 5.57 Å². The molecule has 1 heterocycles. The summed E-state index contributed by atoms with van der Waals surface area (Å²) in [7, 11) is 1.67. The maximum Gasteiger partial charge on any atom is 0.307 e. The SMILES string of the molecule is COc1cccc(C(=CCOCCN2CCCC(C(=O)O)C2)c2ccccc2)c1. The van der Waals surface area contributed by atoms with Gasteiger partial charge in [0.25, 0.3) is 0 Å². The molecule has 1 aliphatic heterocycles. The highest BCUT2D eigenvalue weighted by Crippen LogP contribution is 2.26. The van der Waals surface area contributed by atoms with Crippen LogP contribution < -0.4 is 4.74 Å². The van der Waals surface area contributed by atoms with E-state index in [9.17, 15) is 9.90 Å². The zero-order chi connectivity index (χ0) is 20.5. The van der Waals surface area contributed by atoms with Gasteiger partial charge >= 0.3 is 5.97 Å². The molecule has 0 amide bonds. The molecule has 0 bridgehead atoms. The average molecular weight is 395 g/mol. The van der Waals surface area contributed by atoms with Crippen molar-refractivity contribution in [3.63, 3.8) is 0 Å². The van der Waals surface area contributed by atoms with E-state index in [-0.39, 0.29) is 5.92 Å². The van der Waals surface area contributed by atoms with Crippen LogP contribution in [0.15, 0.2) is 60.7 Å². The summed E-state index contributed by atoms with van der Waals surface area (Å²) in [5.41, 5.74) is 3.32. The van der Waals surface area contributed by atoms with E-state index in [2.05, 4.69) is 29.2 Å². The zero-order valence-electron chi connectivity index (χ0n) is 16.9. The lowest BCUT2D eigenvalue weighted by Crippen LogP contribution is -2.40. The Kier molecular flexibility index (Phi) is 7.85. The Balaban J connectivity index is 1.59. The number of nitrogens with zero attached hydrogens (tertiary/aromatic N) is 1. The third-order valence-corrected chi connectivity index (χ3v) is 5.28. The van der Waals surface area contributed by atoms with E-state index in [0.717, 1.165) is 48.4 Å². The predicted octanol–water partition coefficient (Wildman–Crippen LogP) is 3.94. The zero-order valence-corrected chi connectivity index (χ0v) is 16.9. The number of rotatable bonds is 9. The quantitative estimate of drug-likeness (QED) is 0.652. The number of methoxy groups -OCH3 is 1. The van der Waals surface area contributed by atoms with Crippen LogP contribution in [0.5, 0.6) is 5.75 Å². The predicted molar refractivity (Wildman–Crippen MR) is 114 cm³/mol. The average Bonchev–Trinajstić information content (AvgIpc) is 2.77. The van der Waals surface area contributed by atoms with E-state index in [0.29, 0.717) is 19.8 Å². The van der Waals surface area contributed by atoms with Gasteiger partial charge in [-0.05, 0) is 48.2 Å². The molecule has 29 heavy (non-hydrogen) atoms. The van der Waals surface area contributed by atoms with Gasteiger partial charge in [-0.25, -0.2) is 0 Å². The van der Waals surface area contributed by atoms with Crippen molar-refractivity contribution in [3.05, 3.63) is 71.8 Å². The van der Waals surface area contributed by atoms with Crippen LogP contribution in [-0.2, 0) is 9.53 Å². The molecule has 5 heteroatoms. The Bertz CT molecular complexity index is 819. The molecule has 1 unspecified atom stereocenters. The van der Waals surface area contributed by atoms with Crippen molar-refractivity contribution in [3.8, 4) is 5.75 Å². The second-order valence-corrected chi connectivity index (χ2v) is 7.27. The number of hydrogen-bond acceptors (Lipinski definition) is 4. The molecular formula is C24H29NO4. The van der Waals surface area contributed by atoms with E-state index in [1.165, 1.54) is 0 Å². The maximum absolute atomic E-state index is 11.2. The topological polar surface area (TPSA) is 59.0 Å². The fraction of sp³-hybridized carbons (Fsp3) is 0.375. The van der Waals surface area contributed by atoms with E-state index in [1.54, 1.807) is 7.11 Å². The van der Waals surface area contributed by atoms with Crippen molar-refractivity contribution in [2.45, 2.75) is 12.8 Å². The second-order valence-electron chi connectivity index (χ2n) is 7.27. The standard InChI is InChI=1S/C24H29NO4/c1-28-22-11-5-9-20(17-22)23(19-7-3-2-4-8-19)12-15-29-16-14-25-13-6-10-21(18-25)24(26)27/h2-5,7-9,11-12,17,21H,6,10,13-16,18H2,1H3,(H,26,27). The molecule has 0 aromatic heterocycles. The third-order valence-electron chi connectivity index (χ3n) is 5.28. The van der Waals surface area contributed by atoms with Gasteiger partial charge < -0.3 is 19.5 Å². The molecule has 1 N–H and O–H groups in total. The highest BCUT2D eigenvalue weighted by molar-refractivity contribution is 5.80. The van der Waals surface area contributed by atoms with E-state index >= 15 is 0 Å². The Hall–Kier alpha value is -2.63. The highest BCUT2D eigenvalue weighted by Gasteiger charge is 2.24. The largest absolute Gasteiger partial charge is 0.497 e. The summed E-state index contributed by atoms with van der Waals surface area (Å²) in [6, 6.07) is 18.3. The van der Waals surface area contributed by atoms with Gasteiger partial charge in [-0.15, -0.1) is 0 Å². The number of carbonyl (C=O) groups is 1. The van der Waals surface area contributed by atoms with E-state index in [1.807, 2.05) is 36.4 Å². The van der Waals surface area contributed by atoms with Gasteiger partial charge in [0.1, 0.15) is 5.75 Å². The molecule has 1 atom stereocenters. The highest BCUT2D eigenvalue weighted by atomic mass is 16.5. The third kappa shape index (κ3) is 6.17. The van der Waals surface area contributed by atoms with Gasteiger partial charge in [0, 0.05) is 13.1 Å². The molecule has 0 radical (unpaired) electrons. The van der Waals surface area contributed by atoms with Crippen LogP contribution in [-0.4, -0.2) is 55.9 Å². The van der Waals surface area contributed by atoms with Crippen LogP contribution in [0.1, 0.15) is 24.0 Å². The molecule has 3 rings (SSSR count). The summed E-state index contributed by atoms with van der Waals surface area (Å²) in [6.07, 6.45) is 3.81. The molecule has 0 aliphatic carbocycles. The number of piperidine rings is 1. The van der Waals surface area contributed by atoms with Gasteiger partial charge in [-0.2, -0.15) is 0 Å². The van der Waals surface area contributed by atoms with Crippen molar-refractivity contribution in [1.82, 2.24) is 4.90 Å². The second kappa shape index (κ2) is 10.8. The lowest BCUT2D eigenvalue weighted by atomic mass is 9.97. The number of benzene rings is 2. The lowest BCUT2D eigenvalue weighted by molar-refractivity contribution is -0.143. The molecule has 154 valence electrons. The van der Waals surface area contributed by atoms with Gasteiger partial charge in [-0.1, -0.05) is 48.5 Å². The fourth-order valence-electron chi connectivity index (χ4n) is 3.69. The number of carboxylic acids is 1. The number of likely N-dealkylation sites (tertiary alicyclic amines) is 1. The summed E-state index contributed by atoms with van der Waals surface area (Å²) < 4.78 is 11.2. The molecule has 1 saturated heterocycles. The first kappa shape index (κ1) is 21.1. The molecular weight excluding hydrogens is 366 g/mol. The molecule has 5 nitrogen and oxygen atoms in total. The van der Waals surface area contributed by atoms with Crippen molar-refractivity contribution < 1.29 is 19.4 Å². The minimum Gasteiger partial charge on any atom is -0.497 e. The van der Waals surface area contributed by atoms with Gasteiger partial charge in [-0.3, -0.25) is 4.79 Å². The molecule has 1 aliphatic rings. The lowest BCUT2D eigenvalue weighted by Gasteiger charge is -2.30. The van der Waals surface area contributed by atoms with Gasteiger partial charge in [0.15, 0.2) is 0 Å². The van der Waals surface area contributed by atoms with E-state index in [4.69, 9.17) is 9.47 Å². The number of carboxylic acid groups (broad SMARTS) is 1. The number of ether oxygens (including phenoxy) is 2. The Morgan fingerprint density at radius 3 is 2.72 bits per heavy atom. The maximum atomic E-state index is 11.2. The first-order valence-electron chi connectivity index (χ1n) is 10.1. The summed E-state index contributed by atoms with van der Waals surface area (Å²) in [5, 5.41) is 9.21. The van der Waals surface area contributed by atoms with Crippen molar-refractivity contribution in [2.75, 3.05) is 40.0 Å². The fourth-order valence-corrected chi connectivity index (χ4v) is 3.69. The van der Waals surface area contributed by atoms with Crippen molar-refractivity contribution in [2.24, 2.45) is 5.92 Å². The van der Waals surface area contributed by atoms with E-state index < -0.39 is 5.97 Å². The summed E-state index contributed by atoms with van der Waals surface area (Å²) in [5.74, 6) is -0.117. The normalized spacial score (nSPS) is 17.8. The summed E-state index contributed by atoms with van der Waals surface area (Å²) >= 11 is 0. The van der Waals surface area contributed by atoms with Gasteiger partial charge in [0.05, 0.1) is 26.2 Å². The van der Waals surface area contributed by atoms with Crippen LogP contribution in [0.2, 0.25) is 0 Å². The Morgan fingerprint density at radius 1 is 1.17 bits per heavy atom. The molecule has 0 spiro atoms. The number of hydrogen-bond donors (Lipinski definition) is 1. The summed E-state index contributed by atoms with van der Waals surface area (Å²) in [4.78, 5) is 13.4. The number of aliphatic carboxylic acids is 1. The van der Waals surface area contributed by atoms with Crippen molar-refractivity contribution >= 4 is 11.5 Å². The van der Waals surface area contributed by atoms with Gasteiger partial charge in [0.2, 0.25) is 0 Å². The first-order chi connectivity index (χ1) is 14.2. The van der Waals surface area contributed by atoms with Crippen LogP contribution >= 0.6 is 0 Å². The molecule has 2 aromatic carbocycles.